The molecule has 0 amide bonds. The minimum atomic E-state index is -0.947. The average Bonchev–Trinajstić information content (AvgIpc) is 2.72. The molecule has 0 fully saturated rings. The van der Waals surface area contributed by atoms with Crippen LogP contribution in [-0.4, -0.2) is 24.4 Å². The molecule has 0 saturated carbocycles. The van der Waals surface area contributed by atoms with Crippen LogP contribution < -0.4 is 9.47 Å². The number of carboxylic acids is 1. The predicted octanol–water partition coefficient (Wildman–Crippen LogP) is 5.03. The summed E-state index contributed by atoms with van der Waals surface area (Å²) in [6.07, 6.45) is 1.78. The van der Waals surface area contributed by atoms with Gasteiger partial charge in [-0.3, -0.25) is 4.99 Å². The van der Waals surface area contributed by atoms with Gasteiger partial charge in [-0.15, -0.1) is 0 Å². The Labute approximate surface area is 163 Å². The second-order valence-corrected chi connectivity index (χ2v) is 6.29. The average molecular weight is 375 g/mol. The van der Waals surface area contributed by atoms with Crippen molar-refractivity contribution >= 4 is 17.9 Å². The molecule has 0 aliphatic heterocycles. The van der Waals surface area contributed by atoms with Crippen molar-refractivity contribution in [2.45, 2.75) is 13.5 Å². The summed E-state index contributed by atoms with van der Waals surface area (Å²) in [5.74, 6) is 0.268. The molecule has 0 aliphatic rings. The normalized spacial score (nSPS) is 10.8. The van der Waals surface area contributed by atoms with E-state index in [1.54, 1.807) is 37.6 Å². The second-order valence-electron chi connectivity index (χ2n) is 6.29. The fraction of sp³-hybridized carbons (Fsp3) is 0.130. The molecule has 0 atom stereocenters. The maximum atomic E-state index is 10.9. The van der Waals surface area contributed by atoms with Crippen LogP contribution in [-0.2, 0) is 6.61 Å². The van der Waals surface area contributed by atoms with Crippen molar-refractivity contribution in [3.8, 4) is 11.5 Å². The minimum Gasteiger partial charge on any atom is -0.493 e. The van der Waals surface area contributed by atoms with Crippen LogP contribution >= 0.6 is 0 Å². The van der Waals surface area contributed by atoms with Crippen molar-refractivity contribution < 1.29 is 19.4 Å². The minimum absolute atomic E-state index is 0.249. The maximum Gasteiger partial charge on any atom is 0.335 e. The molecular formula is C23H21NO4. The van der Waals surface area contributed by atoms with E-state index in [9.17, 15) is 4.79 Å². The van der Waals surface area contributed by atoms with E-state index >= 15 is 0 Å². The van der Waals surface area contributed by atoms with Crippen LogP contribution in [0.4, 0.5) is 5.69 Å². The second kappa shape index (κ2) is 8.86. The number of aromatic carboxylic acids is 1. The molecule has 0 spiro atoms. The van der Waals surface area contributed by atoms with Crippen molar-refractivity contribution in [1.29, 1.82) is 0 Å². The Bertz CT molecular complexity index is 976. The number of rotatable bonds is 7. The zero-order valence-electron chi connectivity index (χ0n) is 15.8. The lowest BCUT2D eigenvalue weighted by Gasteiger charge is -2.11. The molecule has 1 N–H and O–H groups in total. The van der Waals surface area contributed by atoms with E-state index in [1.165, 1.54) is 5.56 Å². The van der Waals surface area contributed by atoms with Gasteiger partial charge in [-0.05, 0) is 60.5 Å². The van der Waals surface area contributed by atoms with Gasteiger partial charge in [0, 0.05) is 6.21 Å². The topological polar surface area (TPSA) is 68.1 Å². The van der Waals surface area contributed by atoms with Gasteiger partial charge in [0.25, 0.3) is 0 Å². The van der Waals surface area contributed by atoms with Gasteiger partial charge < -0.3 is 14.6 Å². The van der Waals surface area contributed by atoms with E-state index in [1.807, 2.05) is 49.4 Å². The molecule has 0 saturated heterocycles. The first kappa shape index (κ1) is 19.2. The van der Waals surface area contributed by atoms with Crippen LogP contribution in [0.2, 0.25) is 0 Å². The van der Waals surface area contributed by atoms with Gasteiger partial charge in [0.2, 0.25) is 0 Å². The molecule has 0 unspecified atom stereocenters. The number of hydrogen-bond acceptors (Lipinski definition) is 4. The lowest BCUT2D eigenvalue weighted by atomic mass is 10.1. The predicted molar refractivity (Wildman–Crippen MR) is 109 cm³/mol. The lowest BCUT2D eigenvalue weighted by Crippen LogP contribution is -2.00. The molecule has 0 heterocycles. The van der Waals surface area contributed by atoms with Crippen molar-refractivity contribution in [2.24, 2.45) is 4.99 Å². The molecule has 5 heteroatoms. The quantitative estimate of drug-likeness (QED) is 0.588. The zero-order valence-corrected chi connectivity index (χ0v) is 15.8. The van der Waals surface area contributed by atoms with Gasteiger partial charge in [-0.2, -0.15) is 0 Å². The molecule has 0 aliphatic carbocycles. The number of nitrogens with zero attached hydrogens (tertiary/aromatic N) is 1. The first-order valence-electron chi connectivity index (χ1n) is 8.79. The third-order valence-electron chi connectivity index (χ3n) is 4.18. The summed E-state index contributed by atoms with van der Waals surface area (Å²) in [5, 5.41) is 8.95. The summed E-state index contributed by atoms with van der Waals surface area (Å²) in [7, 11) is 1.59. The number of benzene rings is 3. The Morgan fingerprint density at radius 1 is 1.00 bits per heavy atom. The summed E-state index contributed by atoms with van der Waals surface area (Å²) in [4.78, 5) is 15.4. The number of hydrogen-bond donors (Lipinski definition) is 1. The largest absolute Gasteiger partial charge is 0.493 e. The highest BCUT2D eigenvalue weighted by molar-refractivity contribution is 5.87. The number of aryl methyl sites for hydroxylation is 1. The number of carboxylic acid groups (broad SMARTS) is 1. The van der Waals surface area contributed by atoms with E-state index in [2.05, 4.69) is 4.99 Å². The molecular weight excluding hydrogens is 354 g/mol. The Morgan fingerprint density at radius 3 is 2.36 bits per heavy atom. The highest BCUT2D eigenvalue weighted by atomic mass is 16.5. The standard InChI is InChI=1S/C23H21NO4/c1-16-3-10-20(11-4-16)24-14-18-7-12-21(22(13-18)27-2)28-15-17-5-8-19(9-6-17)23(25)26/h3-14H,15H2,1-2H3,(H,25,26). The fourth-order valence-electron chi connectivity index (χ4n) is 2.57. The van der Waals surface area contributed by atoms with E-state index in [0.29, 0.717) is 18.1 Å². The van der Waals surface area contributed by atoms with E-state index < -0.39 is 5.97 Å². The Kier molecular flexibility index (Phi) is 6.07. The molecule has 0 radical (unpaired) electrons. The van der Waals surface area contributed by atoms with Crippen molar-refractivity contribution in [1.82, 2.24) is 0 Å². The smallest absolute Gasteiger partial charge is 0.335 e. The Balaban J connectivity index is 1.68. The highest BCUT2D eigenvalue weighted by Crippen LogP contribution is 2.28. The monoisotopic (exact) mass is 375 g/mol. The number of methoxy groups -OCH3 is 1. The third-order valence-corrected chi connectivity index (χ3v) is 4.18. The summed E-state index contributed by atoms with van der Waals surface area (Å²) < 4.78 is 11.3. The van der Waals surface area contributed by atoms with Gasteiger partial charge in [0.15, 0.2) is 11.5 Å². The molecule has 28 heavy (non-hydrogen) atoms. The van der Waals surface area contributed by atoms with Gasteiger partial charge in [-0.1, -0.05) is 29.8 Å². The number of carbonyl (C=O) groups is 1. The molecule has 3 rings (SSSR count). The zero-order chi connectivity index (χ0) is 19.9. The fourth-order valence-corrected chi connectivity index (χ4v) is 2.57. The molecule has 0 aromatic heterocycles. The van der Waals surface area contributed by atoms with Gasteiger partial charge in [0.1, 0.15) is 6.61 Å². The number of ether oxygens (including phenoxy) is 2. The van der Waals surface area contributed by atoms with Gasteiger partial charge >= 0.3 is 5.97 Å². The van der Waals surface area contributed by atoms with Crippen LogP contribution in [0.5, 0.6) is 11.5 Å². The first-order valence-corrected chi connectivity index (χ1v) is 8.79. The summed E-state index contributed by atoms with van der Waals surface area (Å²) >= 11 is 0. The maximum absolute atomic E-state index is 10.9. The third kappa shape index (κ3) is 4.98. The summed E-state index contributed by atoms with van der Waals surface area (Å²) in [6.45, 7) is 2.35. The van der Waals surface area contributed by atoms with Crippen molar-refractivity contribution in [2.75, 3.05) is 7.11 Å². The molecule has 3 aromatic carbocycles. The number of aliphatic imine (C=N–C) groups is 1. The lowest BCUT2D eigenvalue weighted by molar-refractivity contribution is 0.0697. The van der Waals surface area contributed by atoms with Crippen LogP contribution in [0, 0.1) is 6.92 Å². The SMILES string of the molecule is COc1cc(C=Nc2ccc(C)cc2)ccc1OCc1ccc(C(=O)O)cc1. The van der Waals surface area contributed by atoms with E-state index in [0.717, 1.165) is 16.8 Å². The molecule has 0 bridgehead atoms. The highest BCUT2D eigenvalue weighted by Gasteiger charge is 2.07. The van der Waals surface area contributed by atoms with Crippen LogP contribution in [0.15, 0.2) is 71.7 Å². The van der Waals surface area contributed by atoms with Crippen LogP contribution in [0.3, 0.4) is 0 Å². The molecule has 5 nitrogen and oxygen atoms in total. The summed E-state index contributed by atoms with van der Waals surface area (Å²) in [5.41, 5.74) is 4.10. The van der Waals surface area contributed by atoms with Crippen molar-refractivity contribution in [3.63, 3.8) is 0 Å². The molecule has 3 aromatic rings. The van der Waals surface area contributed by atoms with Gasteiger partial charge in [-0.25, -0.2) is 4.79 Å². The van der Waals surface area contributed by atoms with Crippen molar-refractivity contribution in [3.05, 3.63) is 89.0 Å². The Hall–Kier alpha value is -3.60. The van der Waals surface area contributed by atoms with E-state index in [-0.39, 0.29) is 5.56 Å². The van der Waals surface area contributed by atoms with Crippen LogP contribution in [0.25, 0.3) is 0 Å². The first-order chi connectivity index (χ1) is 13.5. The molecule has 142 valence electrons. The van der Waals surface area contributed by atoms with E-state index in [4.69, 9.17) is 14.6 Å². The summed E-state index contributed by atoms with van der Waals surface area (Å²) in [6, 6.07) is 20.2. The Morgan fingerprint density at radius 2 is 1.71 bits per heavy atom. The van der Waals surface area contributed by atoms with Gasteiger partial charge in [0.05, 0.1) is 18.4 Å². The van der Waals surface area contributed by atoms with Crippen LogP contribution in [0.1, 0.15) is 27.0 Å².